The van der Waals surface area contributed by atoms with Crippen LogP contribution >= 0.6 is 34.7 Å². The molecule has 0 saturated carbocycles. The predicted octanol–water partition coefficient (Wildman–Crippen LogP) is 4.45. The zero-order chi connectivity index (χ0) is 21.0. The van der Waals surface area contributed by atoms with Gasteiger partial charge in [-0.1, -0.05) is 35.5 Å². The van der Waals surface area contributed by atoms with Gasteiger partial charge in [0.25, 0.3) is 0 Å². The van der Waals surface area contributed by atoms with Crippen LogP contribution in [0.2, 0.25) is 5.02 Å². The third-order valence-electron chi connectivity index (χ3n) is 4.26. The summed E-state index contributed by atoms with van der Waals surface area (Å²) in [4.78, 5) is 28.6. The molecule has 2 N–H and O–H groups in total. The minimum Gasteiger partial charge on any atom is -0.353 e. The fourth-order valence-electron chi connectivity index (χ4n) is 3.06. The first kappa shape index (κ1) is 21.1. The van der Waals surface area contributed by atoms with E-state index in [-0.39, 0.29) is 17.4 Å². The van der Waals surface area contributed by atoms with Gasteiger partial charge in [0, 0.05) is 27.9 Å². The lowest BCUT2D eigenvalue weighted by Gasteiger charge is -2.29. The van der Waals surface area contributed by atoms with Gasteiger partial charge < -0.3 is 10.6 Å². The molecule has 6 nitrogen and oxygen atoms in total. The number of allylic oxidation sites excluding steroid dienone is 3. The maximum absolute atomic E-state index is 12.3. The van der Waals surface area contributed by atoms with Crippen LogP contribution in [0, 0.1) is 11.3 Å². The number of hydrogen-bond donors (Lipinski definition) is 2. The van der Waals surface area contributed by atoms with Crippen molar-refractivity contribution in [3.05, 3.63) is 68.3 Å². The second-order valence-corrected chi connectivity index (χ2v) is 8.55. The lowest BCUT2D eigenvalue weighted by Crippen LogP contribution is -2.27. The van der Waals surface area contributed by atoms with Crippen LogP contribution in [0.3, 0.4) is 0 Å². The topological polar surface area (TPSA) is 94.9 Å². The van der Waals surface area contributed by atoms with Crippen molar-refractivity contribution in [3.8, 4) is 6.07 Å². The zero-order valence-corrected chi connectivity index (χ0v) is 18.0. The van der Waals surface area contributed by atoms with Crippen LogP contribution in [0.5, 0.6) is 0 Å². The first-order valence-corrected chi connectivity index (χ1v) is 10.9. The molecule has 1 aliphatic heterocycles. The number of halogens is 1. The summed E-state index contributed by atoms with van der Waals surface area (Å²) < 4.78 is 0. The highest BCUT2D eigenvalue weighted by Crippen LogP contribution is 2.41. The van der Waals surface area contributed by atoms with Crippen LogP contribution in [0.25, 0.3) is 0 Å². The van der Waals surface area contributed by atoms with E-state index in [4.69, 9.17) is 11.6 Å². The van der Waals surface area contributed by atoms with E-state index in [1.807, 2.05) is 12.1 Å². The lowest BCUT2D eigenvalue weighted by atomic mass is 9.81. The average Bonchev–Trinajstić information content (AvgIpc) is 3.19. The Morgan fingerprint density at radius 3 is 2.69 bits per heavy atom. The number of carbonyl (C=O) groups excluding carboxylic acids is 2. The van der Waals surface area contributed by atoms with E-state index in [0.717, 1.165) is 5.56 Å². The van der Waals surface area contributed by atoms with Crippen molar-refractivity contribution >= 4 is 51.5 Å². The first-order valence-electron chi connectivity index (χ1n) is 8.61. The SMILES string of the molecule is CC(=O)C1=C(C)NC(SCC(=O)Nc2nccs2)=C(C#N)[C@H]1c1ccc(Cl)cc1. The van der Waals surface area contributed by atoms with E-state index >= 15 is 0 Å². The average molecular weight is 445 g/mol. The highest BCUT2D eigenvalue weighted by Gasteiger charge is 2.33. The largest absolute Gasteiger partial charge is 0.353 e. The Morgan fingerprint density at radius 1 is 1.38 bits per heavy atom. The van der Waals surface area contributed by atoms with E-state index in [0.29, 0.717) is 32.0 Å². The highest BCUT2D eigenvalue weighted by molar-refractivity contribution is 8.03. The van der Waals surface area contributed by atoms with Crippen molar-refractivity contribution in [1.82, 2.24) is 10.3 Å². The summed E-state index contributed by atoms with van der Waals surface area (Å²) in [5.41, 5.74) is 2.39. The molecule has 0 fully saturated rings. The molecular formula is C20H17ClN4O2S2. The van der Waals surface area contributed by atoms with E-state index in [1.165, 1.54) is 30.0 Å². The molecule has 9 heteroatoms. The maximum Gasteiger partial charge on any atom is 0.236 e. The van der Waals surface area contributed by atoms with E-state index in [2.05, 4.69) is 21.7 Å². The fraction of sp³-hybridized carbons (Fsp3) is 0.200. The number of nitriles is 1. The van der Waals surface area contributed by atoms with E-state index < -0.39 is 5.92 Å². The normalized spacial score (nSPS) is 16.3. The molecule has 0 saturated heterocycles. The lowest BCUT2D eigenvalue weighted by molar-refractivity contribution is -0.114. The second kappa shape index (κ2) is 9.27. The molecule has 1 aromatic carbocycles. The molecular weight excluding hydrogens is 428 g/mol. The third kappa shape index (κ3) is 4.88. The smallest absolute Gasteiger partial charge is 0.236 e. The number of rotatable bonds is 6. The molecule has 3 rings (SSSR count). The number of thioether (sulfide) groups is 1. The summed E-state index contributed by atoms with van der Waals surface area (Å²) in [6.45, 7) is 3.28. The molecule has 0 radical (unpaired) electrons. The van der Waals surface area contributed by atoms with E-state index in [9.17, 15) is 14.9 Å². The molecule has 1 aromatic heterocycles. The number of dihydropyridines is 1. The number of thiazole rings is 1. The number of carbonyl (C=O) groups is 2. The predicted molar refractivity (Wildman–Crippen MR) is 117 cm³/mol. The Kier molecular flexibility index (Phi) is 6.75. The number of nitrogens with zero attached hydrogens (tertiary/aromatic N) is 2. The molecule has 1 atom stereocenters. The molecule has 148 valence electrons. The van der Waals surface area contributed by atoms with Gasteiger partial charge in [-0.2, -0.15) is 5.26 Å². The number of amides is 1. The Hall–Kier alpha value is -2.60. The standard InChI is InChI=1S/C20H17ClN4O2S2/c1-11-17(12(2)26)18(13-3-5-14(21)6-4-13)15(9-22)19(24-11)29-10-16(27)25-20-23-7-8-28-20/h3-8,18,24H,10H2,1-2H3,(H,23,25,27)/t18-/m1/s1. The second-order valence-electron chi connectivity index (χ2n) is 6.23. The molecule has 1 amide bonds. The van der Waals surface area contributed by atoms with Crippen LogP contribution in [-0.4, -0.2) is 22.4 Å². The minimum absolute atomic E-state index is 0.100. The Morgan fingerprint density at radius 2 is 2.10 bits per heavy atom. The van der Waals surface area contributed by atoms with Crippen molar-refractivity contribution in [1.29, 1.82) is 5.26 Å². The monoisotopic (exact) mass is 444 g/mol. The number of ketones is 1. The van der Waals surface area contributed by atoms with E-state index in [1.54, 1.807) is 30.6 Å². The number of Topliss-reactive ketones (excluding diaryl/α,β-unsaturated/α-hetero) is 1. The molecule has 2 aromatic rings. The summed E-state index contributed by atoms with van der Waals surface area (Å²) >= 11 is 8.55. The quantitative estimate of drug-likeness (QED) is 0.683. The Balaban J connectivity index is 1.90. The molecule has 0 spiro atoms. The van der Waals surface area contributed by atoms with Crippen molar-refractivity contribution in [3.63, 3.8) is 0 Å². The van der Waals surface area contributed by atoms with Crippen molar-refractivity contribution < 1.29 is 9.59 Å². The van der Waals surface area contributed by atoms with Gasteiger partial charge in [-0.25, -0.2) is 4.98 Å². The van der Waals surface area contributed by atoms with Gasteiger partial charge in [0.2, 0.25) is 5.91 Å². The van der Waals surface area contributed by atoms with Gasteiger partial charge in [0.15, 0.2) is 10.9 Å². The molecule has 2 heterocycles. The molecule has 0 bridgehead atoms. The Bertz CT molecular complexity index is 1040. The van der Waals surface area contributed by atoms with Crippen LogP contribution in [-0.2, 0) is 9.59 Å². The molecule has 0 aliphatic carbocycles. The first-order chi connectivity index (χ1) is 13.9. The Labute approximate surface area is 181 Å². The number of benzene rings is 1. The number of aromatic nitrogens is 1. The van der Waals surface area contributed by atoms with Crippen LogP contribution in [0.4, 0.5) is 5.13 Å². The maximum atomic E-state index is 12.3. The van der Waals surface area contributed by atoms with Crippen molar-refractivity contribution in [2.45, 2.75) is 19.8 Å². The van der Waals surface area contributed by atoms with Gasteiger partial charge in [-0.15, -0.1) is 11.3 Å². The van der Waals surface area contributed by atoms with Crippen LogP contribution in [0.1, 0.15) is 25.3 Å². The zero-order valence-electron chi connectivity index (χ0n) is 15.7. The fourth-order valence-corrected chi connectivity index (χ4v) is 4.62. The summed E-state index contributed by atoms with van der Waals surface area (Å²) in [6.07, 6.45) is 1.61. The summed E-state index contributed by atoms with van der Waals surface area (Å²) in [7, 11) is 0. The third-order valence-corrected chi connectivity index (χ3v) is 6.21. The summed E-state index contributed by atoms with van der Waals surface area (Å²) in [5, 5.41) is 19.2. The van der Waals surface area contributed by atoms with Gasteiger partial charge in [-0.3, -0.25) is 9.59 Å². The molecule has 0 unspecified atom stereocenters. The highest BCUT2D eigenvalue weighted by atomic mass is 35.5. The van der Waals surface area contributed by atoms with Crippen LogP contribution < -0.4 is 10.6 Å². The van der Waals surface area contributed by atoms with Gasteiger partial charge in [0.1, 0.15) is 0 Å². The number of anilines is 1. The van der Waals surface area contributed by atoms with Crippen molar-refractivity contribution in [2.75, 3.05) is 11.1 Å². The van der Waals surface area contributed by atoms with Gasteiger partial charge in [0.05, 0.1) is 28.3 Å². The number of hydrogen-bond acceptors (Lipinski definition) is 7. The van der Waals surface area contributed by atoms with Gasteiger partial charge >= 0.3 is 0 Å². The van der Waals surface area contributed by atoms with Gasteiger partial charge in [-0.05, 0) is 31.5 Å². The summed E-state index contributed by atoms with van der Waals surface area (Å²) in [5.74, 6) is -0.754. The minimum atomic E-state index is -0.513. The molecule has 1 aliphatic rings. The summed E-state index contributed by atoms with van der Waals surface area (Å²) in [6, 6.07) is 9.31. The number of nitrogens with one attached hydrogen (secondary N) is 2. The van der Waals surface area contributed by atoms with Crippen molar-refractivity contribution in [2.24, 2.45) is 0 Å². The molecule has 29 heavy (non-hydrogen) atoms. The van der Waals surface area contributed by atoms with Crippen LogP contribution in [0.15, 0.2) is 57.7 Å².